The van der Waals surface area contributed by atoms with Crippen LogP contribution in [0, 0.1) is 5.92 Å². The Balaban J connectivity index is 0.00000171. The Morgan fingerprint density at radius 2 is 1.83 bits per heavy atom. The molecule has 0 radical (unpaired) electrons. The molecule has 5 rings (SSSR count). The van der Waals surface area contributed by atoms with Crippen LogP contribution < -0.4 is 11.2 Å². The fourth-order valence-electron chi connectivity index (χ4n) is 4.96. The van der Waals surface area contributed by atoms with Gasteiger partial charge in [-0.15, -0.1) is 24.8 Å². The van der Waals surface area contributed by atoms with E-state index in [1.165, 1.54) is 29.1 Å². The highest BCUT2D eigenvalue weighted by Crippen LogP contribution is 2.59. The van der Waals surface area contributed by atoms with Gasteiger partial charge >= 0.3 is 11.9 Å². The molecule has 1 saturated carbocycles. The number of aryl methyl sites for hydroxylation is 1. The van der Waals surface area contributed by atoms with Gasteiger partial charge in [0, 0.05) is 37.4 Å². The number of hydrogen-bond donors (Lipinski definition) is 1. The van der Waals surface area contributed by atoms with E-state index in [1.807, 2.05) is 0 Å². The van der Waals surface area contributed by atoms with Crippen molar-refractivity contribution in [3.05, 3.63) is 80.8 Å². The van der Waals surface area contributed by atoms with Crippen molar-refractivity contribution in [1.82, 2.24) is 24.6 Å². The summed E-state index contributed by atoms with van der Waals surface area (Å²) >= 11 is 0. The fourth-order valence-corrected chi connectivity index (χ4v) is 4.96. The Morgan fingerprint density at radius 1 is 1.09 bits per heavy atom. The molecule has 3 heterocycles. The van der Waals surface area contributed by atoms with Gasteiger partial charge < -0.3 is 4.90 Å². The summed E-state index contributed by atoms with van der Waals surface area (Å²) in [6.07, 6.45) is 0.382. The lowest BCUT2D eigenvalue weighted by Crippen LogP contribution is -2.32. The second-order valence-electron chi connectivity index (χ2n) is 8.83. The minimum absolute atomic E-state index is 0. The van der Waals surface area contributed by atoms with E-state index >= 15 is 0 Å². The third-order valence-corrected chi connectivity index (χ3v) is 6.74. The average molecular weight is 530 g/mol. The molecule has 0 unspecified atom stereocenters. The topological polar surface area (TPSA) is 83.9 Å². The summed E-state index contributed by atoms with van der Waals surface area (Å²) in [6.45, 7) is 2.88. The third-order valence-electron chi connectivity index (χ3n) is 6.74. The molecular formula is C23H24Cl2F3N5O2. The second kappa shape index (κ2) is 10.1. The molecule has 1 saturated heterocycles. The van der Waals surface area contributed by atoms with E-state index in [0.29, 0.717) is 24.6 Å². The van der Waals surface area contributed by atoms with Crippen molar-refractivity contribution < 1.29 is 13.2 Å². The Morgan fingerprint density at radius 3 is 2.49 bits per heavy atom. The Labute approximate surface area is 211 Å². The predicted molar refractivity (Wildman–Crippen MR) is 129 cm³/mol. The summed E-state index contributed by atoms with van der Waals surface area (Å²) in [5, 5.41) is 7.71. The van der Waals surface area contributed by atoms with E-state index in [2.05, 4.69) is 20.1 Å². The number of benzene rings is 1. The number of rotatable bonds is 6. The van der Waals surface area contributed by atoms with Gasteiger partial charge in [0.2, 0.25) is 0 Å². The van der Waals surface area contributed by atoms with Crippen LogP contribution in [0.3, 0.4) is 0 Å². The number of aromatic nitrogens is 4. The van der Waals surface area contributed by atoms with Crippen molar-refractivity contribution in [2.45, 2.75) is 31.0 Å². The maximum Gasteiger partial charge on any atom is 0.416 e. The summed E-state index contributed by atoms with van der Waals surface area (Å²) < 4.78 is 40.0. The van der Waals surface area contributed by atoms with E-state index in [0.717, 1.165) is 31.6 Å². The highest BCUT2D eigenvalue weighted by Gasteiger charge is 2.60. The Hall–Kier alpha value is -2.69. The van der Waals surface area contributed by atoms with Crippen molar-refractivity contribution >= 4 is 24.8 Å². The lowest BCUT2D eigenvalue weighted by atomic mass is 9.94. The average Bonchev–Trinajstić information content (AvgIpc) is 3.36. The molecule has 0 bridgehead atoms. The summed E-state index contributed by atoms with van der Waals surface area (Å²) in [7, 11) is 0. The van der Waals surface area contributed by atoms with Crippen molar-refractivity contribution in [2.75, 3.05) is 19.6 Å². The Kier molecular flexibility index (Phi) is 7.78. The van der Waals surface area contributed by atoms with Crippen LogP contribution in [-0.4, -0.2) is 44.3 Å². The van der Waals surface area contributed by atoms with Crippen LogP contribution in [0.2, 0.25) is 0 Å². The number of H-pyrrole nitrogens is 1. The van der Waals surface area contributed by atoms with Gasteiger partial charge in [0.05, 0.1) is 16.8 Å². The van der Waals surface area contributed by atoms with Crippen molar-refractivity contribution in [2.24, 2.45) is 5.92 Å². The van der Waals surface area contributed by atoms with Gasteiger partial charge in [-0.2, -0.15) is 23.4 Å². The number of nitrogens with one attached hydrogen (secondary N) is 1. The normalized spacial score (nSPS) is 21.1. The molecule has 1 aliphatic heterocycles. The smallest absolute Gasteiger partial charge is 0.302 e. The summed E-state index contributed by atoms with van der Waals surface area (Å²) in [4.78, 5) is 29.0. The molecule has 1 aliphatic carbocycles. The van der Waals surface area contributed by atoms with Crippen molar-refractivity contribution in [1.29, 1.82) is 0 Å². The quantitative estimate of drug-likeness (QED) is 0.528. The summed E-state index contributed by atoms with van der Waals surface area (Å²) in [6, 6.07) is 8.88. The van der Waals surface area contributed by atoms with Gasteiger partial charge in [-0.25, -0.2) is 4.79 Å². The van der Waals surface area contributed by atoms with Crippen LogP contribution >= 0.6 is 24.8 Å². The molecule has 0 amide bonds. The highest BCUT2D eigenvalue weighted by molar-refractivity contribution is 5.85. The van der Waals surface area contributed by atoms with Crippen LogP contribution in [-0.2, 0) is 18.1 Å². The first kappa shape index (κ1) is 26.9. The molecule has 1 aromatic carbocycles. The zero-order valence-corrected chi connectivity index (χ0v) is 20.1. The van der Waals surface area contributed by atoms with Gasteiger partial charge in [0.15, 0.2) is 0 Å². The van der Waals surface area contributed by atoms with Crippen LogP contribution in [0.5, 0.6) is 0 Å². The van der Waals surface area contributed by atoms with E-state index in [1.54, 1.807) is 24.3 Å². The first-order valence-corrected chi connectivity index (χ1v) is 10.8. The predicted octanol–water partition coefficient (Wildman–Crippen LogP) is 3.52. The number of aromatic amines is 1. The zero-order chi connectivity index (χ0) is 23.2. The Bertz CT molecular complexity index is 1280. The zero-order valence-electron chi connectivity index (χ0n) is 18.5. The third kappa shape index (κ3) is 5.29. The minimum Gasteiger partial charge on any atom is -0.302 e. The molecule has 3 aromatic rings. The first-order valence-electron chi connectivity index (χ1n) is 10.8. The molecule has 12 heteroatoms. The molecule has 2 atom stereocenters. The van der Waals surface area contributed by atoms with Gasteiger partial charge in [-0.1, -0.05) is 12.1 Å². The van der Waals surface area contributed by atoms with Crippen molar-refractivity contribution in [3.63, 3.8) is 0 Å². The van der Waals surface area contributed by atoms with Crippen LogP contribution in [0.15, 0.2) is 58.4 Å². The van der Waals surface area contributed by atoms with E-state index < -0.39 is 23.0 Å². The SMILES string of the molecule is Cl.Cl.O=c1[nH]c(=O)n(CCCN2C[C@@H]3C[C@]3(c3ccc(C(F)(F)F)cc3)C2)cc1-c1cccnn1. The molecule has 188 valence electrons. The van der Waals surface area contributed by atoms with Crippen molar-refractivity contribution in [3.8, 4) is 11.3 Å². The number of alkyl halides is 3. The largest absolute Gasteiger partial charge is 0.416 e. The minimum atomic E-state index is -4.33. The molecule has 7 nitrogen and oxygen atoms in total. The molecule has 1 N–H and O–H groups in total. The number of likely N-dealkylation sites (tertiary alicyclic amines) is 1. The van der Waals surface area contributed by atoms with E-state index in [-0.39, 0.29) is 35.8 Å². The summed E-state index contributed by atoms with van der Waals surface area (Å²) in [5.41, 5.74) is -0.0154. The second-order valence-corrected chi connectivity index (χ2v) is 8.83. The van der Waals surface area contributed by atoms with E-state index in [4.69, 9.17) is 0 Å². The van der Waals surface area contributed by atoms with Crippen LogP contribution in [0.25, 0.3) is 11.3 Å². The molecular weight excluding hydrogens is 506 g/mol. The number of nitrogens with zero attached hydrogens (tertiary/aromatic N) is 4. The van der Waals surface area contributed by atoms with Gasteiger partial charge in [-0.05, 0) is 55.1 Å². The number of piperidine rings is 1. The molecule has 2 fully saturated rings. The van der Waals surface area contributed by atoms with E-state index in [9.17, 15) is 22.8 Å². The van der Waals surface area contributed by atoms with Crippen LogP contribution in [0.1, 0.15) is 24.0 Å². The maximum atomic E-state index is 12.9. The monoisotopic (exact) mass is 529 g/mol. The lowest BCUT2D eigenvalue weighted by molar-refractivity contribution is -0.137. The number of fused-ring (bicyclic) bond motifs is 1. The van der Waals surface area contributed by atoms with Gasteiger partial charge in [-0.3, -0.25) is 14.3 Å². The maximum absolute atomic E-state index is 12.9. The summed E-state index contributed by atoms with van der Waals surface area (Å²) in [5.74, 6) is 0.452. The standard InChI is InChI=1S/C23H22F3N5O2.2ClH/c24-23(25,26)16-6-4-15(5-7-16)22-11-17(22)12-30(14-22)9-2-10-31-13-18(20(32)28-21(31)33)19-3-1-8-27-29-19;;/h1,3-8,13,17H,2,9-12,14H2,(H,28,32,33);2*1H/t17-,22+;;/m0../s1. The number of hydrogen-bond acceptors (Lipinski definition) is 5. The first-order chi connectivity index (χ1) is 15.8. The van der Waals surface area contributed by atoms with Gasteiger partial charge in [0.25, 0.3) is 5.56 Å². The fraction of sp³-hybridized carbons (Fsp3) is 0.391. The number of halogens is 5. The molecule has 2 aromatic heterocycles. The van der Waals surface area contributed by atoms with Gasteiger partial charge in [0.1, 0.15) is 0 Å². The molecule has 2 aliphatic rings. The lowest BCUT2D eigenvalue weighted by Gasteiger charge is -2.21. The van der Waals surface area contributed by atoms with Crippen LogP contribution in [0.4, 0.5) is 13.2 Å². The highest BCUT2D eigenvalue weighted by atomic mass is 35.5. The molecule has 35 heavy (non-hydrogen) atoms. The molecule has 0 spiro atoms.